The summed E-state index contributed by atoms with van der Waals surface area (Å²) in [5, 5.41) is 8.29. The van der Waals surface area contributed by atoms with E-state index in [1.807, 2.05) is 12.1 Å². The van der Waals surface area contributed by atoms with E-state index in [2.05, 4.69) is 25.7 Å². The molecule has 3 nitrogen and oxygen atoms in total. The first-order valence-corrected chi connectivity index (χ1v) is 6.25. The lowest BCUT2D eigenvalue weighted by molar-refractivity contribution is 0.670. The number of rotatable bonds is 5. The van der Waals surface area contributed by atoms with Crippen molar-refractivity contribution >= 4 is 23.1 Å². The molecule has 3 N–H and O–H groups in total. The van der Waals surface area contributed by atoms with Crippen molar-refractivity contribution in [1.29, 1.82) is 5.41 Å². The molecule has 0 aliphatic rings. The third-order valence-corrected chi connectivity index (χ3v) is 2.88. The number of hydrogen-bond donors (Lipinski definition) is 2. The summed E-state index contributed by atoms with van der Waals surface area (Å²) in [5.41, 5.74) is 7.31. The molecule has 0 aromatic heterocycles. The van der Waals surface area contributed by atoms with Gasteiger partial charge in [0.2, 0.25) is 0 Å². The van der Waals surface area contributed by atoms with Gasteiger partial charge in [-0.1, -0.05) is 18.5 Å². The lowest BCUT2D eigenvalue weighted by atomic mass is 10.1. The van der Waals surface area contributed by atoms with Crippen molar-refractivity contribution in [2.75, 3.05) is 11.4 Å². The Labute approximate surface area is 108 Å². The normalized spacial score (nSPS) is 10.6. The highest BCUT2D eigenvalue weighted by Crippen LogP contribution is 2.26. The van der Waals surface area contributed by atoms with E-state index >= 15 is 0 Å². The van der Waals surface area contributed by atoms with Crippen molar-refractivity contribution in [2.45, 2.75) is 33.2 Å². The van der Waals surface area contributed by atoms with Crippen LogP contribution in [0, 0.1) is 5.41 Å². The summed E-state index contributed by atoms with van der Waals surface area (Å²) in [4.78, 5) is 2.22. The van der Waals surface area contributed by atoms with Gasteiger partial charge in [-0.3, -0.25) is 5.41 Å². The van der Waals surface area contributed by atoms with E-state index < -0.39 is 0 Å². The maximum atomic E-state index is 7.62. The zero-order valence-electron chi connectivity index (χ0n) is 10.6. The van der Waals surface area contributed by atoms with Crippen molar-refractivity contribution in [3.8, 4) is 0 Å². The van der Waals surface area contributed by atoms with E-state index in [4.69, 9.17) is 22.7 Å². The van der Waals surface area contributed by atoms with Gasteiger partial charge in [0, 0.05) is 28.9 Å². The van der Waals surface area contributed by atoms with Gasteiger partial charge >= 0.3 is 0 Å². The summed E-state index contributed by atoms with van der Waals surface area (Å²) in [6.07, 6.45) is 1.04. The SMILES string of the molecule is CCCN(c1cc(Cl)ccc1C(=N)N)C(C)C. The summed E-state index contributed by atoms with van der Waals surface area (Å²) in [7, 11) is 0. The summed E-state index contributed by atoms with van der Waals surface area (Å²) < 4.78 is 0. The van der Waals surface area contributed by atoms with E-state index in [0.29, 0.717) is 11.1 Å². The van der Waals surface area contributed by atoms with Crippen LogP contribution in [0.3, 0.4) is 0 Å². The number of nitrogen functional groups attached to an aromatic ring is 1. The van der Waals surface area contributed by atoms with Crippen LogP contribution in [0.4, 0.5) is 5.69 Å². The maximum absolute atomic E-state index is 7.62. The van der Waals surface area contributed by atoms with Crippen LogP contribution in [-0.4, -0.2) is 18.4 Å². The molecule has 0 radical (unpaired) electrons. The van der Waals surface area contributed by atoms with E-state index in [1.54, 1.807) is 6.07 Å². The van der Waals surface area contributed by atoms with Crippen molar-refractivity contribution < 1.29 is 0 Å². The molecular formula is C13H20ClN3. The Morgan fingerprint density at radius 3 is 2.59 bits per heavy atom. The van der Waals surface area contributed by atoms with Crippen molar-refractivity contribution in [1.82, 2.24) is 0 Å². The number of nitrogens with two attached hydrogens (primary N) is 1. The summed E-state index contributed by atoms with van der Waals surface area (Å²) in [5.74, 6) is 0.0819. The Bertz CT molecular complexity index is 402. The lowest BCUT2D eigenvalue weighted by Crippen LogP contribution is -2.33. The predicted octanol–water partition coefficient (Wildman–Crippen LogP) is 3.25. The molecule has 0 heterocycles. The Hall–Kier alpha value is -1.22. The maximum Gasteiger partial charge on any atom is 0.124 e. The smallest absolute Gasteiger partial charge is 0.124 e. The highest BCUT2D eigenvalue weighted by atomic mass is 35.5. The molecule has 0 saturated heterocycles. The summed E-state index contributed by atoms with van der Waals surface area (Å²) >= 11 is 6.03. The molecule has 0 spiro atoms. The Morgan fingerprint density at radius 1 is 1.47 bits per heavy atom. The van der Waals surface area contributed by atoms with Gasteiger partial charge in [-0.15, -0.1) is 0 Å². The topological polar surface area (TPSA) is 53.1 Å². The van der Waals surface area contributed by atoms with Crippen molar-refractivity contribution in [2.24, 2.45) is 5.73 Å². The van der Waals surface area contributed by atoms with E-state index in [1.165, 1.54) is 0 Å². The van der Waals surface area contributed by atoms with Crippen LogP contribution in [0.5, 0.6) is 0 Å². The molecule has 0 aliphatic carbocycles. The van der Waals surface area contributed by atoms with Crippen LogP contribution in [-0.2, 0) is 0 Å². The number of nitrogens with zero attached hydrogens (tertiary/aromatic N) is 1. The average Bonchev–Trinajstić information content (AvgIpc) is 2.24. The first-order valence-electron chi connectivity index (χ1n) is 5.88. The minimum atomic E-state index is 0.0819. The monoisotopic (exact) mass is 253 g/mol. The second-order valence-electron chi connectivity index (χ2n) is 4.36. The van der Waals surface area contributed by atoms with Crippen LogP contribution in [0.1, 0.15) is 32.8 Å². The third kappa shape index (κ3) is 3.37. The van der Waals surface area contributed by atoms with Crippen LogP contribution >= 0.6 is 11.6 Å². The number of benzene rings is 1. The van der Waals surface area contributed by atoms with Gasteiger partial charge in [-0.2, -0.15) is 0 Å². The van der Waals surface area contributed by atoms with Crippen LogP contribution < -0.4 is 10.6 Å². The molecule has 1 aromatic rings. The lowest BCUT2D eigenvalue weighted by Gasteiger charge is -2.30. The molecular weight excluding hydrogens is 234 g/mol. The van der Waals surface area contributed by atoms with Crippen molar-refractivity contribution in [3.05, 3.63) is 28.8 Å². The molecule has 1 aromatic carbocycles. The molecule has 0 fully saturated rings. The van der Waals surface area contributed by atoms with Crippen molar-refractivity contribution in [3.63, 3.8) is 0 Å². The molecule has 1 rings (SSSR count). The van der Waals surface area contributed by atoms with E-state index in [0.717, 1.165) is 24.2 Å². The molecule has 0 bridgehead atoms. The molecule has 17 heavy (non-hydrogen) atoms. The second-order valence-corrected chi connectivity index (χ2v) is 4.80. The van der Waals surface area contributed by atoms with Gasteiger partial charge in [0.25, 0.3) is 0 Å². The number of nitrogens with one attached hydrogen (secondary N) is 1. The Morgan fingerprint density at radius 2 is 2.12 bits per heavy atom. The van der Waals surface area contributed by atoms with Gasteiger partial charge in [-0.25, -0.2) is 0 Å². The number of anilines is 1. The minimum Gasteiger partial charge on any atom is -0.384 e. The zero-order chi connectivity index (χ0) is 13.0. The number of hydrogen-bond acceptors (Lipinski definition) is 2. The average molecular weight is 254 g/mol. The second kappa shape index (κ2) is 5.92. The number of halogens is 1. The zero-order valence-corrected chi connectivity index (χ0v) is 11.4. The first kappa shape index (κ1) is 13.8. The van der Waals surface area contributed by atoms with Gasteiger partial charge in [0.1, 0.15) is 5.84 Å². The third-order valence-electron chi connectivity index (χ3n) is 2.65. The van der Waals surface area contributed by atoms with Gasteiger partial charge < -0.3 is 10.6 Å². The number of amidine groups is 1. The van der Waals surface area contributed by atoms with Crippen LogP contribution in [0.25, 0.3) is 0 Å². The summed E-state index contributed by atoms with van der Waals surface area (Å²) in [6, 6.07) is 5.82. The Kier molecular flexibility index (Phi) is 4.82. The molecule has 0 atom stereocenters. The quantitative estimate of drug-likeness (QED) is 0.625. The standard InChI is InChI=1S/C13H20ClN3/c1-4-7-17(9(2)3)12-8-10(14)5-6-11(12)13(15)16/h5-6,8-9H,4,7H2,1-3H3,(H3,15,16). The molecule has 0 amide bonds. The fraction of sp³-hybridized carbons (Fsp3) is 0.462. The molecule has 0 unspecified atom stereocenters. The fourth-order valence-electron chi connectivity index (χ4n) is 1.87. The largest absolute Gasteiger partial charge is 0.384 e. The molecule has 0 aliphatic heterocycles. The van der Waals surface area contributed by atoms with Gasteiger partial charge in [-0.05, 0) is 38.5 Å². The van der Waals surface area contributed by atoms with Gasteiger partial charge in [0.05, 0.1) is 0 Å². The molecule has 0 saturated carbocycles. The fourth-order valence-corrected chi connectivity index (χ4v) is 2.03. The minimum absolute atomic E-state index is 0.0819. The van der Waals surface area contributed by atoms with E-state index in [-0.39, 0.29) is 5.84 Å². The van der Waals surface area contributed by atoms with Crippen LogP contribution in [0.15, 0.2) is 18.2 Å². The van der Waals surface area contributed by atoms with E-state index in [9.17, 15) is 0 Å². The Balaban J connectivity index is 3.24. The van der Waals surface area contributed by atoms with Gasteiger partial charge in [0.15, 0.2) is 0 Å². The summed E-state index contributed by atoms with van der Waals surface area (Å²) in [6.45, 7) is 7.31. The first-order chi connectivity index (χ1) is 7.97. The molecule has 94 valence electrons. The molecule has 4 heteroatoms. The highest BCUT2D eigenvalue weighted by molar-refractivity contribution is 6.31. The van der Waals surface area contributed by atoms with Crippen LogP contribution in [0.2, 0.25) is 5.02 Å². The highest BCUT2D eigenvalue weighted by Gasteiger charge is 2.15. The predicted molar refractivity (Wildman–Crippen MR) is 75.2 cm³/mol.